The summed E-state index contributed by atoms with van der Waals surface area (Å²) in [5.74, 6) is 0.686. The number of aromatic nitrogens is 2. The number of nitrogens with one attached hydrogen (secondary N) is 1. The molecule has 0 saturated carbocycles. The van der Waals surface area contributed by atoms with Crippen LogP contribution in [0.15, 0.2) is 36.7 Å². The number of amides is 1. The first-order valence-electron chi connectivity index (χ1n) is 7.37. The first-order valence-corrected chi connectivity index (χ1v) is 7.37. The molecule has 116 valence electrons. The van der Waals surface area contributed by atoms with E-state index in [4.69, 9.17) is 9.47 Å². The van der Waals surface area contributed by atoms with Crippen LogP contribution in [0, 0.1) is 0 Å². The second kappa shape index (κ2) is 5.71. The molecule has 1 aromatic heterocycles. The molecule has 1 aliphatic heterocycles. The van der Waals surface area contributed by atoms with Crippen LogP contribution < -0.4 is 14.8 Å². The summed E-state index contributed by atoms with van der Waals surface area (Å²) in [6.07, 6.45) is 4.63. The standard InChI is InChI=1S/C16H19N3O3/c1-3-16(2)21-13-6-5-12(11-14(13)22-16)18-15(20)7-10-19-9-4-8-17-19/h4-6,8-9,11H,3,7,10H2,1-2H3,(H,18,20)/t16-/m1/s1. The van der Waals surface area contributed by atoms with Crippen molar-refractivity contribution in [1.82, 2.24) is 9.78 Å². The van der Waals surface area contributed by atoms with E-state index in [2.05, 4.69) is 10.4 Å². The van der Waals surface area contributed by atoms with E-state index in [0.29, 0.717) is 30.2 Å². The van der Waals surface area contributed by atoms with Crippen molar-refractivity contribution in [1.29, 1.82) is 0 Å². The summed E-state index contributed by atoms with van der Waals surface area (Å²) >= 11 is 0. The fraction of sp³-hybridized carbons (Fsp3) is 0.375. The predicted molar refractivity (Wildman–Crippen MR) is 81.9 cm³/mol. The van der Waals surface area contributed by atoms with Crippen LogP contribution in [0.2, 0.25) is 0 Å². The van der Waals surface area contributed by atoms with Gasteiger partial charge in [0.15, 0.2) is 11.5 Å². The Morgan fingerprint density at radius 2 is 2.18 bits per heavy atom. The summed E-state index contributed by atoms with van der Waals surface area (Å²) in [7, 11) is 0. The minimum absolute atomic E-state index is 0.0624. The van der Waals surface area contributed by atoms with Gasteiger partial charge in [0.1, 0.15) is 0 Å². The van der Waals surface area contributed by atoms with Crippen molar-refractivity contribution in [3.63, 3.8) is 0 Å². The molecule has 0 radical (unpaired) electrons. The Bertz CT molecular complexity index is 669. The highest BCUT2D eigenvalue weighted by molar-refractivity contribution is 5.91. The third-order valence-electron chi connectivity index (χ3n) is 3.65. The van der Waals surface area contributed by atoms with Gasteiger partial charge in [0, 0.05) is 50.5 Å². The van der Waals surface area contributed by atoms with Gasteiger partial charge < -0.3 is 14.8 Å². The highest BCUT2D eigenvalue weighted by Gasteiger charge is 2.34. The van der Waals surface area contributed by atoms with E-state index in [1.165, 1.54) is 0 Å². The van der Waals surface area contributed by atoms with Gasteiger partial charge in [-0.15, -0.1) is 0 Å². The molecule has 0 saturated heterocycles. The van der Waals surface area contributed by atoms with E-state index in [0.717, 1.165) is 6.42 Å². The van der Waals surface area contributed by atoms with Crippen LogP contribution >= 0.6 is 0 Å². The molecule has 0 bridgehead atoms. The zero-order chi connectivity index (χ0) is 15.6. The van der Waals surface area contributed by atoms with E-state index in [1.54, 1.807) is 16.9 Å². The first kappa shape index (κ1) is 14.4. The molecule has 6 nitrogen and oxygen atoms in total. The zero-order valence-corrected chi connectivity index (χ0v) is 12.7. The van der Waals surface area contributed by atoms with Crippen molar-refractivity contribution in [3.8, 4) is 11.5 Å². The van der Waals surface area contributed by atoms with Crippen molar-refractivity contribution < 1.29 is 14.3 Å². The Labute approximate surface area is 129 Å². The van der Waals surface area contributed by atoms with Crippen LogP contribution in [0.4, 0.5) is 5.69 Å². The molecule has 1 atom stereocenters. The molecule has 22 heavy (non-hydrogen) atoms. The highest BCUT2D eigenvalue weighted by Crippen LogP contribution is 2.41. The summed E-state index contributed by atoms with van der Waals surface area (Å²) in [4.78, 5) is 12.0. The van der Waals surface area contributed by atoms with Gasteiger partial charge in [-0.25, -0.2) is 0 Å². The first-order chi connectivity index (χ1) is 10.6. The zero-order valence-electron chi connectivity index (χ0n) is 12.7. The topological polar surface area (TPSA) is 65.4 Å². The highest BCUT2D eigenvalue weighted by atomic mass is 16.7. The molecule has 1 amide bonds. The summed E-state index contributed by atoms with van der Waals surface area (Å²) in [5, 5.41) is 6.93. The Kier molecular flexibility index (Phi) is 3.75. The lowest BCUT2D eigenvalue weighted by molar-refractivity contribution is -0.116. The van der Waals surface area contributed by atoms with Crippen LogP contribution in [0.25, 0.3) is 0 Å². The molecule has 6 heteroatoms. The number of hydrogen-bond acceptors (Lipinski definition) is 4. The van der Waals surface area contributed by atoms with Gasteiger partial charge in [-0.1, -0.05) is 6.92 Å². The average molecular weight is 301 g/mol. The Balaban J connectivity index is 1.60. The van der Waals surface area contributed by atoms with E-state index < -0.39 is 5.79 Å². The largest absolute Gasteiger partial charge is 0.449 e. The van der Waals surface area contributed by atoms with Crippen LogP contribution in [0.3, 0.4) is 0 Å². The molecule has 2 heterocycles. The number of ether oxygens (including phenoxy) is 2. The molecule has 1 aromatic carbocycles. The fourth-order valence-corrected chi connectivity index (χ4v) is 2.25. The molecular weight excluding hydrogens is 282 g/mol. The van der Waals surface area contributed by atoms with Crippen LogP contribution in [0.5, 0.6) is 11.5 Å². The Morgan fingerprint density at radius 1 is 1.36 bits per heavy atom. The van der Waals surface area contributed by atoms with Crippen molar-refractivity contribution >= 4 is 11.6 Å². The molecule has 0 fully saturated rings. The van der Waals surface area contributed by atoms with Gasteiger partial charge in [-0.3, -0.25) is 9.48 Å². The van der Waals surface area contributed by atoms with E-state index in [1.807, 2.05) is 38.2 Å². The molecule has 0 aliphatic carbocycles. The number of anilines is 1. The maximum Gasteiger partial charge on any atom is 0.248 e. The molecule has 3 rings (SSSR count). The normalized spacial score (nSPS) is 19.2. The monoisotopic (exact) mass is 301 g/mol. The molecule has 1 aliphatic rings. The van der Waals surface area contributed by atoms with Gasteiger partial charge >= 0.3 is 0 Å². The van der Waals surface area contributed by atoms with Crippen LogP contribution in [0.1, 0.15) is 26.7 Å². The molecule has 2 aromatic rings. The minimum Gasteiger partial charge on any atom is -0.449 e. The van der Waals surface area contributed by atoms with Gasteiger partial charge in [0.05, 0.1) is 0 Å². The lowest BCUT2D eigenvalue weighted by atomic mass is 10.2. The number of carbonyl (C=O) groups is 1. The molecular formula is C16H19N3O3. The molecule has 1 N–H and O–H groups in total. The summed E-state index contributed by atoms with van der Waals surface area (Å²) < 4.78 is 13.3. The lowest BCUT2D eigenvalue weighted by Gasteiger charge is -2.20. The van der Waals surface area contributed by atoms with Gasteiger partial charge in [0.25, 0.3) is 0 Å². The van der Waals surface area contributed by atoms with Crippen molar-refractivity contribution in [2.45, 2.75) is 39.0 Å². The maximum atomic E-state index is 12.0. The summed E-state index contributed by atoms with van der Waals surface area (Å²) in [5.41, 5.74) is 0.702. The number of fused-ring (bicyclic) bond motifs is 1. The Morgan fingerprint density at radius 3 is 2.91 bits per heavy atom. The maximum absolute atomic E-state index is 12.0. The number of aryl methyl sites for hydroxylation is 1. The van der Waals surface area contributed by atoms with E-state index in [-0.39, 0.29) is 5.91 Å². The second-order valence-electron chi connectivity index (χ2n) is 5.42. The number of benzene rings is 1. The second-order valence-corrected chi connectivity index (χ2v) is 5.42. The van der Waals surface area contributed by atoms with Crippen molar-refractivity contribution in [3.05, 3.63) is 36.7 Å². The van der Waals surface area contributed by atoms with Gasteiger partial charge in [-0.05, 0) is 18.2 Å². The number of rotatable bonds is 5. The van der Waals surface area contributed by atoms with Crippen molar-refractivity contribution in [2.75, 3.05) is 5.32 Å². The van der Waals surface area contributed by atoms with Gasteiger partial charge in [-0.2, -0.15) is 5.10 Å². The minimum atomic E-state index is -0.620. The third-order valence-corrected chi connectivity index (χ3v) is 3.65. The van der Waals surface area contributed by atoms with Gasteiger partial charge in [0.2, 0.25) is 11.7 Å². The third kappa shape index (κ3) is 3.05. The number of carbonyl (C=O) groups excluding carboxylic acids is 1. The fourth-order valence-electron chi connectivity index (χ4n) is 2.25. The molecule has 0 unspecified atom stereocenters. The summed E-state index contributed by atoms with van der Waals surface area (Å²) in [6.45, 7) is 4.45. The predicted octanol–water partition coefficient (Wildman–Crippen LogP) is 2.81. The van der Waals surface area contributed by atoms with Crippen LogP contribution in [-0.4, -0.2) is 21.5 Å². The Hall–Kier alpha value is -2.50. The van der Waals surface area contributed by atoms with E-state index in [9.17, 15) is 4.79 Å². The van der Waals surface area contributed by atoms with Crippen molar-refractivity contribution in [2.24, 2.45) is 0 Å². The number of hydrogen-bond donors (Lipinski definition) is 1. The van der Waals surface area contributed by atoms with E-state index >= 15 is 0 Å². The van der Waals surface area contributed by atoms with Crippen LogP contribution in [-0.2, 0) is 11.3 Å². The smallest absolute Gasteiger partial charge is 0.248 e. The number of nitrogens with zero attached hydrogens (tertiary/aromatic N) is 2. The lowest BCUT2D eigenvalue weighted by Crippen LogP contribution is -2.33. The summed E-state index contributed by atoms with van der Waals surface area (Å²) in [6, 6.07) is 7.26. The molecule has 0 spiro atoms. The quantitative estimate of drug-likeness (QED) is 0.922. The SMILES string of the molecule is CC[C@]1(C)Oc2ccc(NC(=O)CCn3cccn3)cc2O1. The average Bonchev–Trinajstić information content (AvgIpc) is 3.12.